The molecule has 1 fully saturated rings. The molecule has 1 aromatic rings. The maximum absolute atomic E-state index is 12.8. The molecule has 0 aromatic heterocycles. The number of rotatable bonds is 8. The van der Waals surface area contributed by atoms with Gasteiger partial charge in [-0.2, -0.15) is 0 Å². The minimum atomic E-state index is -0.841. The number of ether oxygens (including phenoxy) is 1. The van der Waals surface area contributed by atoms with Gasteiger partial charge in [0.05, 0.1) is 23.0 Å². The van der Waals surface area contributed by atoms with E-state index in [1.54, 1.807) is 6.92 Å². The number of allylic oxidation sites excluding steroid dienone is 2. The van der Waals surface area contributed by atoms with Gasteiger partial charge in [-0.05, 0) is 42.5 Å². The number of carbonyl (C=O) groups is 3. The molecular formula is C20H20N2O7S. The molecule has 0 bridgehead atoms. The zero-order valence-corrected chi connectivity index (χ0v) is 17.1. The number of nitro groups is 1. The third-order valence-corrected chi connectivity index (χ3v) is 6.05. The van der Waals surface area contributed by atoms with Crippen LogP contribution in [0.15, 0.2) is 45.8 Å². The van der Waals surface area contributed by atoms with Crippen molar-refractivity contribution in [1.29, 1.82) is 0 Å². The van der Waals surface area contributed by atoms with Crippen LogP contribution in [0.3, 0.4) is 0 Å². The van der Waals surface area contributed by atoms with Crippen molar-refractivity contribution in [3.05, 3.63) is 61.5 Å². The summed E-state index contributed by atoms with van der Waals surface area (Å²) in [5.41, 5.74) is 0.609. The number of carbonyl (C=O) groups excluding carboxylic acids is 3. The molecule has 9 nitrogen and oxygen atoms in total. The van der Waals surface area contributed by atoms with E-state index in [4.69, 9.17) is 4.74 Å². The highest BCUT2D eigenvalue weighted by Gasteiger charge is 2.57. The Morgan fingerprint density at radius 2 is 2.10 bits per heavy atom. The third kappa shape index (κ3) is 4.14. The van der Waals surface area contributed by atoms with Gasteiger partial charge >= 0.3 is 5.97 Å². The van der Waals surface area contributed by atoms with Crippen LogP contribution < -0.4 is 0 Å². The first-order valence-electron chi connectivity index (χ1n) is 9.19. The predicted molar refractivity (Wildman–Crippen MR) is 108 cm³/mol. The third-order valence-electron chi connectivity index (χ3n) is 4.99. The summed E-state index contributed by atoms with van der Waals surface area (Å²) in [5, 5.41) is 20.6. The molecule has 1 aromatic carbocycles. The second-order valence-electron chi connectivity index (χ2n) is 7.03. The van der Waals surface area contributed by atoms with Gasteiger partial charge in [0.1, 0.15) is 18.6 Å². The van der Waals surface area contributed by atoms with Gasteiger partial charge in [0.25, 0.3) is 5.69 Å². The fourth-order valence-corrected chi connectivity index (χ4v) is 4.61. The topological polar surface area (TPSA) is 127 Å². The summed E-state index contributed by atoms with van der Waals surface area (Å²) in [6.07, 6.45) is 1.55. The van der Waals surface area contributed by atoms with Gasteiger partial charge < -0.3 is 14.7 Å². The van der Waals surface area contributed by atoms with E-state index in [1.807, 2.05) is 0 Å². The number of fused-ring (bicyclic) bond motifs is 1. The van der Waals surface area contributed by atoms with Gasteiger partial charge in [0.15, 0.2) is 0 Å². The molecule has 0 radical (unpaired) electrons. The highest BCUT2D eigenvalue weighted by atomic mass is 32.2. The molecule has 1 saturated heterocycles. The molecule has 1 N–H and O–H groups in total. The Morgan fingerprint density at radius 1 is 1.43 bits per heavy atom. The number of β-lactam (4-membered cyclic amide) rings is 1. The molecule has 2 aliphatic heterocycles. The monoisotopic (exact) mass is 432 g/mol. The lowest BCUT2D eigenvalue weighted by Crippen LogP contribution is -2.61. The summed E-state index contributed by atoms with van der Waals surface area (Å²) in [6, 6.07) is 5.28. The fourth-order valence-electron chi connectivity index (χ4n) is 3.57. The summed E-state index contributed by atoms with van der Waals surface area (Å²) < 4.78 is 5.36. The first-order valence-corrected chi connectivity index (χ1v) is 10.0. The van der Waals surface area contributed by atoms with E-state index in [9.17, 15) is 29.6 Å². The molecule has 0 saturated carbocycles. The first kappa shape index (κ1) is 21.7. The van der Waals surface area contributed by atoms with E-state index in [0.29, 0.717) is 28.1 Å². The average molecular weight is 432 g/mol. The Hall–Kier alpha value is -2.98. The molecule has 0 aliphatic carbocycles. The number of aliphatic hydroxyl groups excluding tert-OH is 1. The molecule has 1 amide bonds. The molecule has 10 heteroatoms. The van der Waals surface area contributed by atoms with Gasteiger partial charge in [-0.15, -0.1) is 0 Å². The number of benzene rings is 1. The maximum Gasteiger partial charge on any atom is 0.356 e. The molecule has 0 spiro atoms. The Labute approximate surface area is 176 Å². The number of non-ortho nitro benzene ring substituents is 1. The van der Waals surface area contributed by atoms with Crippen LogP contribution in [0.4, 0.5) is 5.69 Å². The quantitative estimate of drug-likeness (QED) is 0.166. The molecule has 3 rings (SSSR count). The van der Waals surface area contributed by atoms with Gasteiger partial charge in [0.2, 0.25) is 5.91 Å². The number of amides is 1. The molecule has 158 valence electrons. The lowest BCUT2D eigenvalue weighted by atomic mass is 9.83. The second-order valence-corrected chi connectivity index (χ2v) is 8.37. The summed E-state index contributed by atoms with van der Waals surface area (Å²) in [6.45, 7) is 3.14. The first-order chi connectivity index (χ1) is 14.2. The predicted octanol–water partition coefficient (Wildman–Crippen LogP) is 2.30. The van der Waals surface area contributed by atoms with Crippen molar-refractivity contribution >= 4 is 35.6 Å². The van der Waals surface area contributed by atoms with Crippen molar-refractivity contribution in [3.63, 3.8) is 0 Å². The van der Waals surface area contributed by atoms with Crippen LogP contribution in [0, 0.1) is 16.0 Å². The zero-order chi connectivity index (χ0) is 22.0. The smallest absolute Gasteiger partial charge is 0.356 e. The highest BCUT2D eigenvalue weighted by molar-refractivity contribution is 8.06. The Kier molecular flexibility index (Phi) is 6.37. The van der Waals surface area contributed by atoms with Crippen LogP contribution >= 0.6 is 11.8 Å². The van der Waals surface area contributed by atoms with E-state index in [2.05, 4.69) is 0 Å². The van der Waals surface area contributed by atoms with Crippen LogP contribution in [-0.4, -0.2) is 45.2 Å². The number of aliphatic hydroxyl groups is 1. The molecule has 3 atom stereocenters. The van der Waals surface area contributed by atoms with E-state index in [-0.39, 0.29) is 29.9 Å². The van der Waals surface area contributed by atoms with Crippen LogP contribution in [0.2, 0.25) is 0 Å². The number of aldehydes is 1. The molecule has 0 unspecified atom stereocenters. The molecular weight excluding hydrogens is 412 g/mol. The number of thioether (sulfide) groups is 1. The Balaban J connectivity index is 1.78. The summed E-state index contributed by atoms with van der Waals surface area (Å²) in [5.74, 6) is -1.63. The van der Waals surface area contributed by atoms with Crippen LogP contribution in [0.1, 0.15) is 25.8 Å². The van der Waals surface area contributed by atoms with E-state index in [0.717, 1.165) is 0 Å². The maximum atomic E-state index is 12.8. The number of hydrogen-bond acceptors (Lipinski definition) is 8. The number of esters is 1. The minimum Gasteiger partial charge on any atom is -0.456 e. The summed E-state index contributed by atoms with van der Waals surface area (Å²) >= 11 is 1.22. The van der Waals surface area contributed by atoms with Crippen LogP contribution in [-0.2, 0) is 25.7 Å². The summed E-state index contributed by atoms with van der Waals surface area (Å²) in [4.78, 5) is 48.9. The van der Waals surface area contributed by atoms with Crippen molar-refractivity contribution < 1.29 is 29.2 Å². The van der Waals surface area contributed by atoms with Crippen molar-refractivity contribution in [2.24, 2.45) is 5.92 Å². The standard InChI is InChI=1S/C20H20N2O7S/c1-11(7-8-23)30-16-9-15-17(12(2)24)19(25)21(15)18(16)20(26)29-10-13-3-5-14(6-4-13)22(27)28/h3-8,12,15,17,24H,9-10H2,1-2H3/t12-,15+,17-/m0/s1. The van der Waals surface area contributed by atoms with Gasteiger partial charge in [-0.3, -0.25) is 19.7 Å². The average Bonchev–Trinajstić information content (AvgIpc) is 3.00. The van der Waals surface area contributed by atoms with Gasteiger partial charge in [0, 0.05) is 23.5 Å². The largest absolute Gasteiger partial charge is 0.456 e. The molecule has 2 aliphatic rings. The van der Waals surface area contributed by atoms with Crippen molar-refractivity contribution in [2.75, 3.05) is 0 Å². The van der Waals surface area contributed by atoms with Crippen molar-refractivity contribution in [2.45, 2.75) is 39.0 Å². The Bertz CT molecular complexity index is 952. The van der Waals surface area contributed by atoms with Crippen molar-refractivity contribution in [3.8, 4) is 0 Å². The van der Waals surface area contributed by atoms with Gasteiger partial charge in [-0.25, -0.2) is 4.79 Å². The van der Waals surface area contributed by atoms with Gasteiger partial charge in [-0.1, -0.05) is 11.8 Å². The summed E-state index contributed by atoms with van der Waals surface area (Å²) in [7, 11) is 0. The van der Waals surface area contributed by atoms with Crippen LogP contribution in [0.5, 0.6) is 0 Å². The lowest BCUT2D eigenvalue weighted by Gasteiger charge is -2.44. The van der Waals surface area contributed by atoms with Crippen molar-refractivity contribution in [1.82, 2.24) is 4.90 Å². The second kappa shape index (κ2) is 8.80. The fraction of sp³-hybridized carbons (Fsp3) is 0.350. The number of nitrogens with zero attached hydrogens (tertiary/aromatic N) is 2. The number of hydrogen-bond donors (Lipinski definition) is 1. The van der Waals surface area contributed by atoms with E-state index in [1.165, 1.54) is 53.9 Å². The van der Waals surface area contributed by atoms with E-state index >= 15 is 0 Å². The number of nitro benzene ring substituents is 1. The van der Waals surface area contributed by atoms with Crippen LogP contribution in [0.25, 0.3) is 0 Å². The molecule has 2 heterocycles. The highest BCUT2D eigenvalue weighted by Crippen LogP contribution is 2.48. The minimum absolute atomic E-state index is 0.0714. The Morgan fingerprint density at radius 3 is 2.67 bits per heavy atom. The van der Waals surface area contributed by atoms with E-state index < -0.39 is 22.9 Å². The molecule has 30 heavy (non-hydrogen) atoms. The lowest BCUT2D eigenvalue weighted by molar-refractivity contribution is -0.384. The zero-order valence-electron chi connectivity index (χ0n) is 16.3. The normalized spacial score (nSPS) is 21.8. The SMILES string of the molecule is CC(=CC=O)SC1=C(C(=O)OCc2ccc([N+](=O)[O-])cc2)N2C(=O)[C@@H]([C@H](C)O)[C@H]2C1.